The van der Waals surface area contributed by atoms with Crippen molar-refractivity contribution in [3.05, 3.63) is 12.7 Å². The number of aliphatic hydroxyl groups is 1. The molecule has 0 saturated heterocycles. The van der Waals surface area contributed by atoms with E-state index in [9.17, 15) is 5.11 Å². The minimum Gasteiger partial charge on any atom is -0.387 e. The molecule has 0 heterocycles. The van der Waals surface area contributed by atoms with Gasteiger partial charge in [0.15, 0.2) is 0 Å². The highest BCUT2D eigenvalue weighted by atomic mass is 16.5. The van der Waals surface area contributed by atoms with Crippen molar-refractivity contribution < 1.29 is 9.84 Å². The van der Waals surface area contributed by atoms with Crippen molar-refractivity contribution in [2.24, 2.45) is 0 Å². The maximum absolute atomic E-state index is 9.28. The quantitative estimate of drug-likeness (QED) is 0.576. The topological polar surface area (TPSA) is 29.5 Å². The summed E-state index contributed by atoms with van der Waals surface area (Å²) in [6, 6.07) is 0. The van der Waals surface area contributed by atoms with Crippen molar-refractivity contribution in [2.75, 3.05) is 7.11 Å². The normalized spacial score (nSPS) is 15.1. The molecule has 0 aromatic heterocycles. The van der Waals surface area contributed by atoms with Gasteiger partial charge in [-0.05, 0) is 13.8 Å². The molecule has 0 fully saturated rings. The van der Waals surface area contributed by atoms with Gasteiger partial charge in [0.2, 0.25) is 0 Å². The van der Waals surface area contributed by atoms with Crippen molar-refractivity contribution >= 4 is 0 Å². The van der Waals surface area contributed by atoms with Gasteiger partial charge in [-0.3, -0.25) is 0 Å². The maximum atomic E-state index is 9.28. The Kier molecular flexibility index (Phi) is 2.88. The Hall–Kier alpha value is -0.340. The van der Waals surface area contributed by atoms with Gasteiger partial charge in [-0.2, -0.15) is 0 Å². The van der Waals surface area contributed by atoms with Gasteiger partial charge in [-0.25, -0.2) is 0 Å². The lowest BCUT2D eigenvalue weighted by Gasteiger charge is -2.24. The third-order valence-corrected chi connectivity index (χ3v) is 1.16. The molecule has 0 aliphatic rings. The summed E-state index contributed by atoms with van der Waals surface area (Å²) in [7, 11) is 1.55. The van der Waals surface area contributed by atoms with E-state index in [-0.39, 0.29) is 6.10 Å². The van der Waals surface area contributed by atoms with Crippen LogP contribution in [0, 0.1) is 0 Å². The van der Waals surface area contributed by atoms with E-state index in [0.29, 0.717) is 0 Å². The van der Waals surface area contributed by atoms with Crippen LogP contribution >= 0.6 is 0 Å². The van der Waals surface area contributed by atoms with Crippen LogP contribution < -0.4 is 0 Å². The molecule has 1 atom stereocenters. The zero-order valence-electron chi connectivity index (χ0n) is 6.22. The van der Waals surface area contributed by atoms with Crippen molar-refractivity contribution in [2.45, 2.75) is 25.6 Å². The summed E-state index contributed by atoms with van der Waals surface area (Å²) >= 11 is 0. The Morgan fingerprint density at radius 1 is 1.67 bits per heavy atom. The van der Waals surface area contributed by atoms with E-state index in [0.717, 1.165) is 0 Å². The van der Waals surface area contributed by atoms with Crippen LogP contribution in [-0.4, -0.2) is 23.9 Å². The van der Waals surface area contributed by atoms with Gasteiger partial charge < -0.3 is 9.84 Å². The zero-order valence-corrected chi connectivity index (χ0v) is 6.22. The molecule has 1 unspecified atom stereocenters. The molecule has 0 bridgehead atoms. The average Bonchev–Trinajstić information content (AvgIpc) is 1.65. The van der Waals surface area contributed by atoms with E-state index in [2.05, 4.69) is 6.58 Å². The SMILES string of the molecule is C=CC(OC)C(C)(C)O. The van der Waals surface area contributed by atoms with Crippen molar-refractivity contribution in [1.82, 2.24) is 0 Å². The molecule has 0 radical (unpaired) electrons. The van der Waals surface area contributed by atoms with Crippen LogP contribution in [0.2, 0.25) is 0 Å². The van der Waals surface area contributed by atoms with E-state index in [1.54, 1.807) is 27.0 Å². The highest BCUT2D eigenvalue weighted by molar-refractivity contribution is 4.91. The zero-order chi connectivity index (χ0) is 7.49. The molecule has 0 aliphatic heterocycles. The van der Waals surface area contributed by atoms with Gasteiger partial charge in [-0.1, -0.05) is 6.08 Å². The standard InChI is InChI=1S/C7H14O2/c1-5-6(9-4)7(2,3)8/h5-6,8H,1H2,2-4H3. The van der Waals surface area contributed by atoms with Crippen LogP contribution in [0.25, 0.3) is 0 Å². The van der Waals surface area contributed by atoms with Crippen LogP contribution in [0.15, 0.2) is 12.7 Å². The van der Waals surface area contributed by atoms with E-state index >= 15 is 0 Å². The first-order chi connectivity index (χ1) is 4.02. The molecule has 0 aliphatic carbocycles. The van der Waals surface area contributed by atoms with E-state index < -0.39 is 5.60 Å². The molecule has 54 valence electrons. The number of hydrogen-bond donors (Lipinski definition) is 1. The summed E-state index contributed by atoms with van der Waals surface area (Å²) < 4.78 is 4.90. The second-order valence-corrected chi connectivity index (χ2v) is 2.55. The molecule has 0 aromatic carbocycles. The fraction of sp³-hybridized carbons (Fsp3) is 0.714. The molecular weight excluding hydrogens is 116 g/mol. The van der Waals surface area contributed by atoms with Crippen LogP contribution in [0.4, 0.5) is 0 Å². The summed E-state index contributed by atoms with van der Waals surface area (Å²) in [5.74, 6) is 0. The Morgan fingerprint density at radius 3 is 2.11 bits per heavy atom. The average molecular weight is 130 g/mol. The van der Waals surface area contributed by atoms with Gasteiger partial charge in [0.05, 0.1) is 5.60 Å². The summed E-state index contributed by atoms with van der Waals surface area (Å²) in [6.07, 6.45) is 1.30. The number of rotatable bonds is 3. The molecule has 2 heteroatoms. The van der Waals surface area contributed by atoms with Crippen molar-refractivity contribution in [3.63, 3.8) is 0 Å². The third kappa shape index (κ3) is 2.63. The highest BCUT2D eigenvalue weighted by Crippen LogP contribution is 2.11. The minimum absolute atomic E-state index is 0.280. The third-order valence-electron chi connectivity index (χ3n) is 1.16. The van der Waals surface area contributed by atoms with Crippen molar-refractivity contribution in [1.29, 1.82) is 0 Å². The van der Waals surface area contributed by atoms with Crippen LogP contribution in [0.5, 0.6) is 0 Å². The molecule has 0 aromatic rings. The second kappa shape index (κ2) is 2.99. The lowest BCUT2D eigenvalue weighted by molar-refractivity contribution is -0.0442. The van der Waals surface area contributed by atoms with Gasteiger partial charge in [0.25, 0.3) is 0 Å². The molecule has 1 N–H and O–H groups in total. The lowest BCUT2D eigenvalue weighted by atomic mass is 10.0. The molecule has 0 saturated carbocycles. The first-order valence-electron chi connectivity index (χ1n) is 2.90. The molecule has 0 amide bonds. The van der Waals surface area contributed by atoms with Crippen molar-refractivity contribution in [3.8, 4) is 0 Å². The minimum atomic E-state index is -0.823. The Morgan fingerprint density at radius 2 is 2.11 bits per heavy atom. The Bertz CT molecular complexity index is 91.6. The summed E-state index contributed by atoms with van der Waals surface area (Å²) in [4.78, 5) is 0. The fourth-order valence-corrected chi connectivity index (χ4v) is 0.673. The number of hydrogen-bond acceptors (Lipinski definition) is 2. The Labute approximate surface area is 56.1 Å². The van der Waals surface area contributed by atoms with Gasteiger partial charge in [0.1, 0.15) is 6.10 Å². The summed E-state index contributed by atoms with van der Waals surface area (Å²) in [6.45, 7) is 6.88. The van der Waals surface area contributed by atoms with Gasteiger partial charge in [0, 0.05) is 7.11 Å². The number of methoxy groups -OCH3 is 1. The van der Waals surface area contributed by atoms with E-state index in [4.69, 9.17) is 4.74 Å². The second-order valence-electron chi connectivity index (χ2n) is 2.55. The summed E-state index contributed by atoms with van der Waals surface area (Å²) in [5.41, 5.74) is -0.823. The molecule has 0 rings (SSSR count). The van der Waals surface area contributed by atoms with E-state index in [1.807, 2.05) is 0 Å². The molecular formula is C7H14O2. The highest BCUT2D eigenvalue weighted by Gasteiger charge is 2.22. The Balaban J connectivity index is 3.94. The molecule has 9 heavy (non-hydrogen) atoms. The predicted molar refractivity (Wildman–Crippen MR) is 37.3 cm³/mol. The predicted octanol–water partition coefficient (Wildman–Crippen LogP) is 0.958. The molecule has 0 spiro atoms. The maximum Gasteiger partial charge on any atom is 0.103 e. The van der Waals surface area contributed by atoms with Crippen LogP contribution in [-0.2, 0) is 4.74 Å². The van der Waals surface area contributed by atoms with Crippen LogP contribution in [0.1, 0.15) is 13.8 Å². The first kappa shape index (κ1) is 8.66. The van der Waals surface area contributed by atoms with Gasteiger partial charge >= 0.3 is 0 Å². The van der Waals surface area contributed by atoms with E-state index in [1.165, 1.54) is 0 Å². The largest absolute Gasteiger partial charge is 0.387 e. The summed E-state index contributed by atoms with van der Waals surface area (Å²) in [5, 5.41) is 9.28. The smallest absolute Gasteiger partial charge is 0.103 e. The fourth-order valence-electron chi connectivity index (χ4n) is 0.673. The lowest BCUT2D eigenvalue weighted by Crippen LogP contribution is -2.35. The van der Waals surface area contributed by atoms with Crippen LogP contribution in [0.3, 0.4) is 0 Å². The monoisotopic (exact) mass is 130 g/mol. The number of ether oxygens (including phenoxy) is 1. The first-order valence-corrected chi connectivity index (χ1v) is 2.90. The molecule has 2 nitrogen and oxygen atoms in total. The van der Waals surface area contributed by atoms with Gasteiger partial charge in [-0.15, -0.1) is 6.58 Å².